The highest BCUT2D eigenvalue weighted by Gasteiger charge is 2.32. The van der Waals surface area contributed by atoms with Gasteiger partial charge in [0.1, 0.15) is 6.17 Å². The van der Waals surface area contributed by atoms with Gasteiger partial charge in [0.25, 0.3) is 5.91 Å². The van der Waals surface area contributed by atoms with Gasteiger partial charge in [-0.05, 0) is 37.1 Å². The van der Waals surface area contributed by atoms with Crippen LogP contribution < -0.4 is 5.32 Å². The summed E-state index contributed by atoms with van der Waals surface area (Å²) in [5.74, 6) is 0.127. The molecule has 3 nitrogen and oxygen atoms in total. The van der Waals surface area contributed by atoms with Crippen molar-refractivity contribution in [2.24, 2.45) is 0 Å². The molecule has 1 amide bonds. The first-order valence-electron chi connectivity index (χ1n) is 7.49. The molecule has 2 aromatic rings. The number of thiophene rings is 1. The molecule has 2 heterocycles. The lowest BCUT2D eigenvalue weighted by molar-refractivity contribution is 0.0686. The lowest BCUT2D eigenvalue weighted by Crippen LogP contribution is -2.42. The van der Waals surface area contributed by atoms with E-state index in [2.05, 4.69) is 31.3 Å². The van der Waals surface area contributed by atoms with Gasteiger partial charge < -0.3 is 10.2 Å². The van der Waals surface area contributed by atoms with E-state index in [1.165, 1.54) is 9.75 Å². The summed E-state index contributed by atoms with van der Waals surface area (Å²) < 4.78 is 0. The van der Waals surface area contributed by atoms with E-state index >= 15 is 0 Å². The van der Waals surface area contributed by atoms with Crippen molar-refractivity contribution < 1.29 is 6.22 Å². The van der Waals surface area contributed by atoms with Crippen LogP contribution in [0.15, 0.2) is 36.4 Å². The first-order chi connectivity index (χ1) is 10.2. The van der Waals surface area contributed by atoms with Crippen LogP contribution >= 0.6 is 11.3 Å². The molecule has 0 saturated heterocycles. The molecule has 0 saturated carbocycles. The van der Waals surface area contributed by atoms with Gasteiger partial charge in [-0.15, -0.1) is 11.3 Å². The molecule has 4 heteroatoms. The van der Waals surface area contributed by atoms with Gasteiger partial charge in [0.15, 0.2) is 0 Å². The van der Waals surface area contributed by atoms with E-state index in [-0.39, 0.29) is 13.5 Å². The zero-order valence-corrected chi connectivity index (χ0v) is 13.2. The van der Waals surface area contributed by atoms with E-state index < -0.39 is 0 Å². The number of aryl methyl sites for hydroxylation is 1. The Morgan fingerprint density at radius 3 is 2.76 bits per heavy atom. The molecule has 0 aliphatic carbocycles. The van der Waals surface area contributed by atoms with E-state index in [0.717, 1.165) is 30.6 Å². The summed E-state index contributed by atoms with van der Waals surface area (Å²) in [4.78, 5) is 17.3. The molecule has 21 heavy (non-hydrogen) atoms. The van der Waals surface area contributed by atoms with Crippen LogP contribution in [0.4, 0.5) is 5.69 Å². The van der Waals surface area contributed by atoms with Gasteiger partial charge in [-0.2, -0.15) is 0 Å². The van der Waals surface area contributed by atoms with Crippen LogP contribution in [0.5, 0.6) is 0 Å². The second kappa shape index (κ2) is 5.90. The number of amides is 1. The number of benzene rings is 1. The summed E-state index contributed by atoms with van der Waals surface area (Å²) in [6.45, 7) is 5.04. The fourth-order valence-electron chi connectivity index (χ4n) is 2.72. The number of rotatable bonds is 4. The van der Waals surface area contributed by atoms with Crippen LogP contribution in [0.2, 0.25) is 0 Å². The van der Waals surface area contributed by atoms with Crippen molar-refractivity contribution in [3.63, 3.8) is 0 Å². The summed E-state index contributed by atoms with van der Waals surface area (Å²) in [5.41, 5.74) is 1.71. The van der Waals surface area contributed by atoms with Crippen molar-refractivity contribution in [2.75, 3.05) is 11.9 Å². The van der Waals surface area contributed by atoms with Crippen molar-refractivity contribution in [3.8, 4) is 0 Å². The standard InChI is InChI=1S/C17H20N2OS.H2/c1-3-11-19-16(15-10-9-12(4-2)21-15)18-14-8-6-5-7-13(14)17(19)20;/h5-10,16,18H,3-4,11H2,1-2H3;1H. The summed E-state index contributed by atoms with van der Waals surface area (Å²) in [7, 11) is 0. The first-order valence-corrected chi connectivity index (χ1v) is 8.31. The van der Waals surface area contributed by atoms with Crippen molar-refractivity contribution in [1.82, 2.24) is 4.90 Å². The van der Waals surface area contributed by atoms with Crippen LogP contribution in [-0.2, 0) is 6.42 Å². The Hall–Kier alpha value is -1.81. The molecule has 1 N–H and O–H groups in total. The number of nitrogens with one attached hydrogen (secondary N) is 1. The molecule has 1 aliphatic rings. The quantitative estimate of drug-likeness (QED) is 0.899. The molecule has 3 rings (SSSR count). The molecular weight excluding hydrogens is 280 g/mol. The normalized spacial score (nSPS) is 17.5. The Morgan fingerprint density at radius 2 is 2.05 bits per heavy atom. The highest BCUT2D eigenvalue weighted by Crippen LogP contribution is 2.35. The van der Waals surface area contributed by atoms with Gasteiger partial charge >= 0.3 is 0 Å². The van der Waals surface area contributed by atoms with Crippen LogP contribution in [0, 0.1) is 0 Å². The third-order valence-electron chi connectivity index (χ3n) is 3.79. The molecule has 1 aromatic carbocycles. The predicted molar refractivity (Wildman–Crippen MR) is 89.9 cm³/mol. The highest BCUT2D eigenvalue weighted by molar-refractivity contribution is 7.12. The minimum atomic E-state index is -0.0438. The number of hydrogen-bond acceptors (Lipinski definition) is 3. The Labute approximate surface area is 131 Å². The predicted octanol–water partition coefficient (Wildman–Crippen LogP) is 4.53. The molecule has 1 aromatic heterocycles. The van der Waals surface area contributed by atoms with Crippen LogP contribution in [-0.4, -0.2) is 17.4 Å². The summed E-state index contributed by atoms with van der Waals surface area (Å²) in [5, 5.41) is 3.53. The number of carbonyl (C=O) groups excluding carboxylic acids is 1. The number of anilines is 1. The highest BCUT2D eigenvalue weighted by atomic mass is 32.1. The van der Waals surface area contributed by atoms with Crippen molar-refractivity contribution in [3.05, 3.63) is 51.7 Å². The van der Waals surface area contributed by atoms with Gasteiger partial charge in [0.05, 0.1) is 5.56 Å². The molecule has 1 unspecified atom stereocenters. The monoisotopic (exact) mass is 302 g/mol. The maximum Gasteiger partial charge on any atom is 0.257 e. The average Bonchev–Trinajstić information content (AvgIpc) is 2.99. The minimum absolute atomic E-state index is 0. The van der Waals surface area contributed by atoms with E-state index in [9.17, 15) is 4.79 Å². The van der Waals surface area contributed by atoms with E-state index in [0.29, 0.717) is 0 Å². The molecule has 1 atom stereocenters. The van der Waals surface area contributed by atoms with Gasteiger partial charge in [-0.25, -0.2) is 0 Å². The van der Waals surface area contributed by atoms with E-state index in [1.54, 1.807) is 11.3 Å². The Morgan fingerprint density at radius 1 is 1.24 bits per heavy atom. The Balaban J connectivity index is 0.00000176. The Bertz CT molecular complexity index is 656. The lowest BCUT2D eigenvalue weighted by Gasteiger charge is -2.37. The number of nitrogens with zero attached hydrogens (tertiary/aromatic N) is 1. The molecule has 0 radical (unpaired) electrons. The Kier molecular flexibility index (Phi) is 3.97. The van der Waals surface area contributed by atoms with Gasteiger partial charge in [0.2, 0.25) is 0 Å². The van der Waals surface area contributed by atoms with Crippen molar-refractivity contribution in [1.29, 1.82) is 0 Å². The van der Waals surface area contributed by atoms with Crippen molar-refractivity contribution >= 4 is 22.9 Å². The smallest absolute Gasteiger partial charge is 0.257 e. The molecule has 0 bridgehead atoms. The molecule has 1 aliphatic heterocycles. The number of fused-ring (bicyclic) bond motifs is 1. The first kappa shape index (κ1) is 14.1. The maximum absolute atomic E-state index is 12.8. The maximum atomic E-state index is 12.8. The van der Waals surface area contributed by atoms with Crippen molar-refractivity contribution in [2.45, 2.75) is 32.9 Å². The van der Waals surface area contributed by atoms with Gasteiger partial charge in [0, 0.05) is 23.4 Å². The molecule has 112 valence electrons. The molecule has 0 spiro atoms. The second-order valence-corrected chi connectivity index (χ2v) is 6.45. The summed E-state index contributed by atoms with van der Waals surface area (Å²) in [6, 6.07) is 12.1. The summed E-state index contributed by atoms with van der Waals surface area (Å²) in [6.07, 6.45) is 1.95. The average molecular weight is 302 g/mol. The third-order valence-corrected chi connectivity index (χ3v) is 5.07. The third kappa shape index (κ3) is 2.56. The molecular formula is C17H22N2OS. The van der Waals surface area contributed by atoms with Crippen LogP contribution in [0.3, 0.4) is 0 Å². The number of hydrogen-bond donors (Lipinski definition) is 1. The van der Waals surface area contributed by atoms with Gasteiger partial charge in [-0.3, -0.25) is 4.79 Å². The largest absolute Gasteiger partial charge is 0.360 e. The van der Waals surface area contributed by atoms with E-state index in [4.69, 9.17) is 0 Å². The second-order valence-electron chi connectivity index (χ2n) is 5.25. The SMILES string of the molecule is CCCN1C(=O)c2ccccc2NC1c1ccc(CC)s1.[HH]. The number of carbonyl (C=O) groups is 1. The summed E-state index contributed by atoms with van der Waals surface area (Å²) >= 11 is 1.79. The van der Waals surface area contributed by atoms with Crippen LogP contribution in [0.25, 0.3) is 0 Å². The van der Waals surface area contributed by atoms with Gasteiger partial charge in [-0.1, -0.05) is 26.0 Å². The van der Waals surface area contributed by atoms with E-state index in [1.807, 2.05) is 29.2 Å². The van der Waals surface area contributed by atoms with Crippen LogP contribution in [0.1, 0.15) is 48.0 Å². The molecule has 0 fully saturated rings. The topological polar surface area (TPSA) is 32.3 Å². The fourth-order valence-corrected chi connectivity index (χ4v) is 3.74. The zero-order chi connectivity index (χ0) is 14.8. The minimum Gasteiger partial charge on any atom is -0.360 e. The fraction of sp³-hybridized carbons (Fsp3) is 0.353. The number of para-hydroxylation sites is 1. The zero-order valence-electron chi connectivity index (χ0n) is 12.4. The lowest BCUT2D eigenvalue weighted by atomic mass is 10.1.